The molecule has 0 unspecified atom stereocenters. The van der Waals surface area contributed by atoms with E-state index in [0.717, 1.165) is 39.0 Å². The van der Waals surface area contributed by atoms with Gasteiger partial charge in [0.1, 0.15) is 0 Å². The predicted molar refractivity (Wildman–Crippen MR) is 52.6 cm³/mol. The molecule has 13 heavy (non-hydrogen) atoms. The van der Waals surface area contributed by atoms with E-state index in [2.05, 4.69) is 10.7 Å². The molecular formula is C8H16ClN3O. The number of hydrogen-bond donors (Lipinski definition) is 2. The van der Waals surface area contributed by atoms with E-state index in [1.165, 1.54) is 0 Å². The topological polar surface area (TPSA) is 44.4 Å². The van der Waals surface area contributed by atoms with Crippen LogP contribution < -0.4 is 10.7 Å². The Bertz CT molecular complexity index is 178. The van der Waals surface area contributed by atoms with Crippen molar-refractivity contribution in [2.45, 2.75) is 12.8 Å². The molecule has 1 aliphatic carbocycles. The van der Waals surface area contributed by atoms with Gasteiger partial charge in [-0.1, -0.05) is 0 Å². The van der Waals surface area contributed by atoms with Crippen molar-refractivity contribution in [1.29, 1.82) is 0 Å². The maximum Gasteiger partial charge on any atom is 0.237 e. The molecule has 5 heteroatoms. The summed E-state index contributed by atoms with van der Waals surface area (Å²) >= 11 is 0. The van der Waals surface area contributed by atoms with Crippen LogP contribution in [0.1, 0.15) is 12.8 Å². The van der Waals surface area contributed by atoms with E-state index in [0.29, 0.717) is 5.92 Å². The van der Waals surface area contributed by atoms with Gasteiger partial charge in [-0.15, -0.1) is 12.4 Å². The Morgan fingerprint density at radius 2 is 1.92 bits per heavy atom. The van der Waals surface area contributed by atoms with Crippen LogP contribution in [-0.4, -0.2) is 37.1 Å². The highest BCUT2D eigenvalue weighted by atomic mass is 35.5. The smallest absolute Gasteiger partial charge is 0.237 e. The third-order valence-electron chi connectivity index (χ3n) is 2.33. The van der Waals surface area contributed by atoms with E-state index in [4.69, 9.17) is 0 Å². The summed E-state index contributed by atoms with van der Waals surface area (Å²) in [6.45, 7) is 3.81. The summed E-state index contributed by atoms with van der Waals surface area (Å²) in [6, 6.07) is 0. The summed E-state index contributed by atoms with van der Waals surface area (Å²) in [6.07, 6.45) is 2.16. The Labute approximate surface area is 84.4 Å². The van der Waals surface area contributed by atoms with Gasteiger partial charge in [-0.3, -0.25) is 10.2 Å². The van der Waals surface area contributed by atoms with Gasteiger partial charge in [0.25, 0.3) is 0 Å². The van der Waals surface area contributed by atoms with Crippen molar-refractivity contribution in [3.63, 3.8) is 0 Å². The van der Waals surface area contributed by atoms with Crippen LogP contribution in [0.3, 0.4) is 0 Å². The first-order valence-corrected chi connectivity index (χ1v) is 4.62. The number of carbonyl (C=O) groups is 1. The van der Waals surface area contributed by atoms with Crippen molar-refractivity contribution in [3.8, 4) is 0 Å². The van der Waals surface area contributed by atoms with E-state index < -0.39 is 0 Å². The number of piperazine rings is 1. The maximum atomic E-state index is 11.3. The van der Waals surface area contributed by atoms with Crippen molar-refractivity contribution < 1.29 is 4.79 Å². The number of carbonyl (C=O) groups excluding carboxylic acids is 1. The molecule has 2 fully saturated rings. The van der Waals surface area contributed by atoms with Crippen LogP contribution in [0.4, 0.5) is 0 Å². The fourth-order valence-corrected chi connectivity index (χ4v) is 1.37. The first-order chi connectivity index (χ1) is 5.86. The molecule has 0 aromatic carbocycles. The van der Waals surface area contributed by atoms with Crippen LogP contribution in [-0.2, 0) is 4.79 Å². The highest BCUT2D eigenvalue weighted by Crippen LogP contribution is 2.28. The number of hydrazine groups is 1. The van der Waals surface area contributed by atoms with Crippen molar-refractivity contribution in [2.24, 2.45) is 5.92 Å². The molecule has 2 aliphatic rings. The Hall–Kier alpha value is -0.320. The van der Waals surface area contributed by atoms with Gasteiger partial charge in [-0.25, -0.2) is 5.01 Å². The van der Waals surface area contributed by atoms with Crippen LogP contribution in [0.15, 0.2) is 0 Å². The second-order valence-corrected chi connectivity index (χ2v) is 3.49. The zero-order valence-corrected chi connectivity index (χ0v) is 8.40. The summed E-state index contributed by atoms with van der Waals surface area (Å²) in [4.78, 5) is 11.3. The summed E-state index contributed by atoms with van der Waals surface area (Å²) in [5.41, 5.74) is 2.94. The molecule has 0 aromatic rings. The molecule has 0 aromatic heterocycles. The van der Waals surface area contributed by atoms with Crippen molar-refractivity contribution in [1.82, 2.24) is 15.8 Å². The van der Waals surface area contributed by atoms with Crippen molar-refractivity contribution in [2.75, 3.05) is 26.2 Å². The second kappa shape index (κ2) is 4.79. The Kier molecular flexibility index (Phi) is 3.96. The molecular weight excluding hydrogens is 190 g/mol. The maximum absolute atomic E-state index is 11.3. The lowest BCUT2D eigenvalue weighted by molar-refractivity contribution is -0.127. The molecule has 4 nitrogen and oxygen atoms in total. The average Bonchev–Trinajstić information content (AvgIpc) is 2.88. The third kappa shape index (κ3) is 3.14. The van der Waals surface area contributed by atoms with Gasteiger partial charge >= 0.3 is 0 Å². The lowest BCUT2D eigenvalue weighted by Gasteiger charge is -2.27. The van der Waals surface area contributed by atoms with E-state index in [9.17, 15) is 4.79 Å². The number of rotatable bonds is 2. The molecule has 1 aliphatic heterocycles. The highest BCUT2D eigenvalue weighted by Gasteiger charge is 2.30. The SMILES string of the molecule is Cl.O=C(NN1CCNCC1)C1CC1. The van der Waals surface area contributed by atoms with Gasteiger partial charge in [-0.05, 0) is 12.8 Å². The monoisotopic (exact) mass is 205 g/mol. The zero-order valence-electron chi connectivity index (χ0n) is 7.58. The highest BCUT2D eigenvalue weighted by molar-refractivity contribution is 5.85. The molecule has 1 heterocycles. The third-order valence-corrected chi connectivity index (χ3v) is 2.33. The second-order valence-electron chi connectivity index (χ2n) is 3.49. The van der Waals surface area contributed by atoms with Gasteiger partial charge in [0.05, 0.1) is 0 Å². The van der Waals surface area contributed by atoms with E-state index >= 15 is 0 Å². The molecule has 0 spiro atoms. The van der Waals surface area contributed by atoms with Crippen molar-refractivity contribution in [3.05, 3.63) is 0 Å². The minimum Gasteiger partial charge on any atom is -0.314 e. The zero-order chi connectivity index (χ0) is 8.39. The molecule has 1 amide bonds. The minimum atomic E-state index is 0. The largest absolute Gasteiger partial charge is 0.314 e. The van der Waals surface area contributed by atoms with Gasteiger partial charge in [0.15, 0.2) is 0 Å². The normalized spacial score (nSPS) is 23.4. The lowest BCUT2D eigenvalue weighted by Crippen LogP contribution is -2.52. The van der Waals surface area contributed by atoms with Gasteiger partial charge < -0.3 is 5.32 Å². The molecule has 0 radical (unpaired) electrons. The summed E-state index contributed by atoms with van der Waals surface area (Å²) in [7, 11) is 0. The van der Waals surface area contributed by atoms with Crippen LogP contribution >= 0.6 is 12.4 Å². The number of amides is 1. The fourth-order valence-electron chi connectivity index (χ4n) is 1.37. The molecule has 2 rings (SSSR count). The molecule has 2 N–H and O–H groups in total. The van der Waals surface area contributed by atoms with E-state index in [1.807, 2.05) is 5.01 Å². The van der Waals surface area contributed by atoms with Crippen LogP contribution in [0.5, 0.6) is 0 Å². The van der Waals surface area contributed by atoms with Crippen molar-refractivity contribution >= 4 is 18.3 Å². The molecule has 0 bridgehead atoms. The average molecular weight is 206 g/mol. The van der Waals surface area contributed by atoms with E-state index in [-0.39, 0.29) is 18.3 Å². The quantitative estimate of drug-likeness (QED) is 0.654. The summed E-state index contributed by atoms with van der Waals surface area (Å²) in [5.74, 6) is 0.539. The first-order valence-electron chi connectivity index (χ1n) is 4.62. The van der Waals surface area contributed by atoms with Gasteiger partial charge in [0.2, 0.25) is 5.91 Å². The molecule has 1 saturated heterocycles. The van der Waals surface area contributed by atoms with Gasteiger partial charge in [0, 0.05) is 32.1 Å². The number of hydrogen-bond acceptors (Lipinski definition) is 3. The molecule has 76 valence electrons. The Morgan fingerprint density at radius 1 is 1.31 bits per heavy atom. The standard InChI is InChI=1S/C8H15N3O.ClH/c12-8(7-1-2-7)10-11-5-3-9-4-6-11;/h7,9H,1-6H2,(H,10,12);1H. The van der Waals surface area contributed by atoms with Crippen LogP contribution in [0.2, 0.25) is 0 Å². The minimum absolute atomic E-state index is 0. The molecule has 1 saturated carbocycles. The number of nitrogens with one attached hydrogen (secondary N) is 2. The van der Waals surface area contributed by atoms with E-state index in [1.54, 1.807) is 0 Å². The first kappa shape index (κ1) is 10.8. The predicted octanol–water partition coefficient (Wildman–Crippen LogP) is -0.245. The van der Waals surface area contributed by atoms with Crippen LogP contribution in [0, 0.1) is 5.92 Å². The fraction of sp³-hybridized carbons (Fsp3) is 0.875. The summed E-state index contributed by atoms with van der Waals surface area (Å²) in [5, 5.41) is 5.25. The number of nitrogens with zero attached hydrogens (tertiary/aromatic N) is 1. The summed E-state index contributed by atoms with van der Waals surface area (Å²) < 4.78 is 0. The Balaban J connectivity index is 0.000000845. The molecule has 0 atom stereocenters. The Morgan fingerprint density at radius 3 is 2.46 bits per heavy atom. The van der Waals surface area contributed by atoms with Gasteiger partial charge in [-0.2, -0.15) is 0 Å². The number of halogens is 1. The lowest BCUT2D eigenvalue weighted by atomic mass is 10.4. The van der Waals surface area contributed by atoms with Crippen LogP contribution in [0.25, 0.3) is 0 Å².